The van der Waals surface area contributed by atoms with Gasteiger partial charge in [-0.15, -0.1) is 0 Å². The number of carbonyl (C=O) groups is 1. The quantitative estimate of drug-likeness (QED) is 0.424. The van der Waals surface area contributed by atoms with E-state index in [1.54, 1.807) is 0 Å². The van der Waals surface area contributed by atoms with E-state index in [0.717, 1.165) is 41.0 Å². The van der Waals surface area contributed by atoms with Crippen LogP contribution in [0.4, 0.5) is 0 Å². The number of hydrogen-bond donors (Lipinski definition) is 1. The van der Waals surface area contributed by atoms with Crippen molar-refractivity contribution in [2.45, 2.75) is 33.2 Å². The molecule has 4 aromatic rings. The molecule has 0 unspecified atom stereocenters. The number of carbonyl (C=O) groups excluding carboxylic acids is 1. The molecule has 1 aromatic heterocycles. The number of aryl methyl sites for hydroxylation is 1. The maximum atomic E-state index is 13.5. The summed E-state index contributed by atoms with van der Waals surface area (Å²) in [5, 5.41) is 8.04. The van der Waals surface area contributed by atoms with Crippen molar-refractivity contribution in [2.75, 3.05) is 0 Å². The van der Waals surface area contributed by atoms with Crippen molar-refractivity contribution in [1.82, 2.24) is 15.1 Å². The third-order valence-electron chi connectivity index (χ3n) is 5.28. The molecule has 31 heavy (non-hydrogen) atoms. The van der Waals surface area contributed by atoms with Crippen molar-refractivity contribution in [1.29, 1.82) is 0 Å². The zero-order chi connectivity index (χ0) is 21.6. The zero-order valence-electron chi connectivity index (χ0n) is 18.0. The lowest BCUT2D eigenvalue weighted by Crippen LogP contribution is -2.24. The highest BCUT2D eigenvalue weighted by Gasteiger charge is 2.24. The van der Waals surface area contributed by atoms with Crippen molar-refractivity contribution < 1.29 is 4.79 Å². The van der Waals surface area contributed by atoms with Crippen molar-refractivity contribution in [3.8, 4) is 16.9 Å². The molecule has 0 aliphatic rings. The number of aromatic nitrogens is 2. The molecule has 0 saturated carbocycles. The second-order valence-electron chi connectivity index (χ2n) is 7.71. The Morgan fingerprint density at radius 2 is 1.65 bits per heavy atom. The molecule has 1 amide bonds. The predicted octanol–water partition coefficient (Wildman–Crippen LogP) is 5.73. The Balaban J connectivity index is 1.78. The molecule has 4 nitrogen and oxygen atoms in total. The Hall–Kier alpha value is -3.66. The maximum Gasteiger partial charge on any atom is 0.255 e. The van der Waals surface area contributed by atoms with Crippen LogP contribution in [0.3, 0.4) is 0 Å². The van der Waals surface area contributed by atoms with Gasteiger partial charge in [-0.2, -0.15) is 5.10 Å². The molecule has 1 N–H and O–H groups in total. The topological polar surface area (TPSA) is 46.9 Å². The number of para-hydroxylation sites is 1. The van der Waals surface area contributed by atoms with Crippen molar-refractivity contribution in [3.05, 3.63) is 107 Å². The molecular weight excluding hydrogens is 382 g/mol. The summed E-state index contributed by atoms with van der Waals surface area (Å²) in [6, 6.07) is 28.2. The van der Waals surface area contributed by atoms with Crippen LogP contribution in [0.2, 0.25) is 0 Å². The Bertz CT molecular complexity index is 1160. The average Bonchev–Trinajstić information content (AvgIpc) is 3.18. The van der Waals surface area contributed by atoms with E-state index in [0.29, 0.717) is 12.1 Å². The Kier molecular flexibility index (Phi) is 6.27. The van der Waals surface area contributed by atoms with Crippen LogP contribution in [0.5, 0.6) is 0 Å². The number of rotatable bonds is 7. The van der Waals surface area contributed by atoms with Gasteiger partial charge in [-0.1, -0.05) is 91.7 Å². The first-order valence-electron chi connectivity index (χ1n) is 10.7. The highest BCUT2D eigenvalue weighted by molar-refractivity contribution is 6.01. The molecule has 0 aliphatic heterocycles. The summed E-state index contributed by atoms with van der Waals surface area (Å²) in [6.07, 6.45) is 1.69. The monoisotopic (exact) mass is 409 g/mol. The van der Waals surface area contributed by atoms with Gasteiger partial charge in [0.2, 0.25) is 0 Å². The lowest BCUT2D eigenvalue weighted by atomic mass is 10.0. The van der Waals surface area contributed by atoms with Gasteiger partial charge < -0.3 is 5.32 Å². The zero-order valence-corrected chi connectivity index (χ0v) is 18.0. The number of nitrogens with one attached hydrogen (secondary N) is 1. The highest BCUT2D eigenvalue weighted by atomic mass is 16.1. The lowest BCUT2D eigenvalue weighted by molar-refractivity contribution is 0.0950. The number of hydrogen-bond acceptors (Lipinski definition) is 2. The SMILES string of the molecule is CCCc1c(C(=O)NCc2cccc(C)c2)c(-c2ccccc2)nn1-c1ccccc1. The summed E-state index contributed by atoms with van der Waals surface area (Å²) in [6.45, 7) is 4.66. The van der Waals surface area contributed by atoms with E-state index in [-0.39, 0.29) is 5.91 Å². The minimum Gasteiger partial charge on any atom is -0.348 e. The largest absolute Gasteiger partial charge is 0.348 e. The van der Waals surface area contributed by atoms with Crippen molar-refractivity contribution >= 4 is 5.91 Å². The van der Waals surface area contributed by atoms with Crippen LogP contribution in [-0.4, -0.2) is 15.7 Å². The number of benzene rings is 3. The van der Waals surface area contributed by atoms with Crippen LogP contribution in [0, 0.1) is 6.92 Å². The first kappa shape index (κ1) is 20.6. The van der Waals surface area contributed by atoms with E-state index in [1.807, 2.05) is 77.5 Å². The molecule has 0 fully saturated rings. The summed E-state index contributed by atoms with van der Waals surface area (Å²) >= 11 is 0. The Morgan fingerprint density at radius 1 is 0.935 bits per heavy atom. The fourth-order valence-electron chi connectivity index (χ4n) is 3.83. The molecular formula is C27H27N3O. The first-order chi connectivity index (χ1) is 15.2. The highest BCUT2D eigenvalue weighted by Crippen LogP contribution is 2.28. The van der Waals surface area contributed by atoms with Gasteiger partial charge in [0.1, 0.15) is 5.69 Å². The molecule has 4 rings (SSSR count). The van der Waals surface area contributed by atoms with Gasteiger partial charge in [-0.25, -0.2) is 4.68 Å². The maximum absolute atomic E-state index is 13.5. The van der Waals surface area contributed by atoms with E-state index >= 15 is 0 Å². The van der Waals surface area contributed by atoms with Gasteiger partial charge in [0.25, 0.3) is 5.91 Å². The van der Waals surface area contributed by atoms with Gasteiger partial charge in [-0.05, 0) is 31.0 Å². The molecule has 156 valence electrons. The van der Waals surface area contributed by atoms with Crippen LogP contribution in [0.25, 0.3) is 16.9 Å². The Labute approximate surface area is 183 Å². The third-order valence-corrected chi connectivity index (χ3v) is 5.28. The van der Waals surface area contributed by atoms with Crippen LogP contribution >= 0.6 is 0 Å². The predicted molar refractivity (Wildman–Crippen MR) is 125 cm³/mol. The summed E-state index contributed by atoms with van der Waals surface area (Å²) < 4.78 is 1.92. The van der Waals surface area contributed by atoms with E-state index in [9.17, 15) is 4.79 Å². The van der Waals surface area contributed by atoms with Crippen LogP contribution in [0.1, 0.15) is 40.5 Å². The van der Waals surface area contributed by atoms with E-state index < -0.39 is 0 Å². The lowest BCUT2D eigenvalue weighted by Gasteiger charge is -2.10. The minimum absolute atomic E-state index is 0.0917. The molecule has 1 heterocycles. The smallest absolute Gasteiger partial charge is 0.255 e. The summed E-state index contributed by atoms with van der Waals surface area (Å²) in [5.74, 6) is -0.0917. The van der Waals surface area contributed by atoms with E-state index in [1.165, 1.54) is 5.56 Å². The number of nitrogens with zero attached hydrogens (tertiary/aromatic N) is 2. The van der Waals surface area contributed by atoms with Gasteiger partial charge in [0.15, 0.2) is 0 Å². The summed E-state index contributed by atoms with van der Waals surface area (Å²) in [7, 11) is 0. The fourth-order valence-corrected chi connectivity index (χ4v) is 3.83. The standard InChI is InChI=1S/C27H27N3O/c1-3-11-24-25(27(31)28-19-21-13-10-12-20(2)18-21)26(22-14-6-4-7-15-22)29-30(24)23-16-8-5-9-17-23/h4-10,12-18H,3,11,19H2,1-2H3,(H,28,31). The molecule has 3 aromatic carbocycles. The number of amides is 1. The van der Waals surface area contributed by atoms with Crippen molar-refractivity contribution in [2.24, 2.45) is 0 Å². The van der Waals surface area contributed by atoms with Crippen LogP contribution in [0.15, 0.2) is 84.9 Å². The second-order valence-corrected chi connectivity index (χ2v) is 7.71. The van der Waals surface area contributed by atoms with E-state index in [4.69, 9.17) is 5.10 Å². The van der Waals surface area contributed by atoms with Gasteiger partial charge >= 0.3 is 0 Å². The van der Waals surface area contributed by atoms with Crippen LogP contribution < -0.4 is 5.32 Å². The molecule has 4 heteroatoms. The molecule has 0 aliphatic carbocycles. The molecule has 0 spiro atoms. The molecule has 0 saturated heterocycles. The minimum atomic E-state index is -0.0917. The molecule has 0 atom stereocenters. The van der Waals surface area contributed by atoms with Gasteiger partial charge in [0.05, 0.1) is 16.9 Å². The van der Waals surface area contributed by atoms with Crippen molar-refractivity contribution in [3.63, 3.8) is 0 Å². The summed E-state index contributed by atoms with van der Waals surface area (Å²) in [4.78, 5) is 13.5. The Morgan fingerprint density at radius 3 is 2.32 bits per heavy atom. The van der Waals surface area contributed by atoms with Gasteiger partial charge in [0, 0.05) is 12.1 Å². The fraction of sp³-hybridized carbons (Fsp3) is 0.185. The molecule has 0 radical (unpaired) electrons. The van der Waals surface area contributed by atoms with Gasteiger partial charge in [-0.3, -0.25) is 4.79 Å². The normalized spacial score (nSPS) is 10.8. The molecule has 0 bridgehead atoms. The summed E-state index contributed by atoms with van der Waals surface area (Å²) in [5.41, 5.74) is 6.48. The van der Waals surface area contributed by atoms with E-state index in [2.05, 4.69) is 31.3 Å². The average molecular weight is 410 g/mol. The van der Waals surface area contributed by atoms with Crippen LogP contribution in [-0.2, 0) is 13.0 Å². The first-order valence-corrected chi connectivity index (χ1v) is 10.7. The third kappa shape index (κ3) is 4.58. The second kappa shape index (κ2) is 9.43.